The van der Waals surface area contributed by atoms with Crippen molar-refractivity contribution in [2.75, 3.05) is 0 Å². The molecule has 0 aromatic heterocycles. The first-order valence-electron chi connectivity index (χ1n) is 2.39. The van der Waals surface area contributed by atoms with Gasteiger partial charge in [-0.25, -0.2) is 9.59 Å². The highest BCUT2D eigenvalue weighted by molar-refractivity contribution is 5.90. The smallest absolute Gasteiger partial charge is 0.335 e. The highest BCUT2D eigenvalue weighted by atomic mass is 16.5. The van der Waals surface area contributed by atoms with Crippen molar-refractivity contribution >= 4 is 11.9 Å². The molecule has 0 rings (SSSR count). The molecule has 10 heavy (non-hydrogen) atoms. The summed E-state index contributed by atoms with van der Waals surface area (Å²) >= 11 is 0. The van der Waals surface area contributed by atoms with Crippen LogP contribution in [0.2, 0.25) is 0 Å². The van der Waals surface area contributed by atoms with E-state index in [1.165, 1.54) is 0 Å². The standard InChI is InChI=1S/C6H6O4/c1-2-10-6(9)4-3-5(7)8/h2-4H,1H2,(H,7,8). The number of carboxylic acids is 1. The highest BCUT2D eigenvalue weighted by Crippen LogP contribution is 1.80. The summed E-state index contributed by atoms with van der Waals surface area (Å²) in [5.74, 6) is -1.95. The monoisotopic (exact) mass is 142 g/mol. The summed E-state index contributed by atoms with van der Waals surface area (Å²) < 4.78 is 4.17. The predicted octanol–water partition coefficient (Wildman–Crippen LogP) is 0.314. The topological polar surface area (TPSA) is 63.6 Å². The first-order valence-corrected chi connectivity index (χ1v) is 2.39. The summed E-state index contributed by atoms with van der Waals surface area (Å²) in [6.07, 6.45) is 2.41. The number of esters is 1. The van der Waals surface area contributed by atoms with Crippen molar-refractivity contribution < 1.29 is 19.4 Å². The molecule has 1 N–H and O–H groups in total. The normalized spacial score (nSPS) is 9.20. The Kier molecular flexibility index (Phi) is 3.63. The maximum Gasteiger partial charge on any atom is 0.335 e. The molecule has 0 aliphatic rings. The molecule has 0 radical (unpaired) electrons. The number of aliphatic carboxylic acids is 1. The van der Waals surface area contributed by atoms with Crippen LogP contribution in [-0.2, 0) is 14.3 Å². The molecule has 0 spiro atoms. The summed E-state index contributed by atoms with van der Waals surface area (Å²) in [7, 11) is 0. The molecule has 0 aromatic carbocycles. The molecule has 0 aliphatic carbocycles. The van der Waals surface area contributed by atoms with Crippen LogP contribution in [0.5, 0.6) is 0 Å². The lowest BCUT2D eigenvalue weighted by Crippen LogP contribution is -1.95. The number of hydrogen-bond acceptors (Lipinski definition) is 3. The fraction of sp³-hybridized carbons (Fsp3) is 0. The molecular weight excluding hydrogens is 136 g/mol. The molecule has 0 atom stereocenters. The van der Waals surface area contributed by atoms with Crippen molar-refractivity contribution in [2.24, 2.45) is 0 Å². The fourth-order valence-corrected chi connectivity index (χ4v) is 0.261. The van der Waals surface area contributed by atoms with Crippen LogP contribution in [0, 0.1) is 0 Å². The molecule has 0 unspecified atom stereocenters. The summed E-state index contributed by atoms with van der Waals surface area (Å²) in [6, 6.07) is 0. The van der Waals surface area contributed by atoms with Crippen molar-refractivity contribution in [3.05, 3.63) is 25.0 Å². The summed E-state index contributed by atoms with van der Waals surface area (Å²) in [6.45, 7) is 3.10. The van der Waals surface area contributed by atoms with E-state index < -0.39 is 11.9 Å². The van der Waals surface area contributed by atoms with Crippen LogP contribution in [0.3, 0.4) is 0 Å². The van der Waals surface area contributed by atoms with Gasteiger partial charge in [0.15, 0.2) is 0 Å². The van der Waals surface area contributed by atoms with Crippen LogP contribution >= 0.6 is 0 Å². The van der Waals surface area contributed by atoms with Crippen LogP contribution in [0.4, 0.5) is 0 Å². The number of rotatable bonds is 3. The first-order chi connectivity index (χ1) is 4.66. The lowest BCUT2D eigenvalue weighted by Gasteiger charge is -1.87. The van der Waals surface area contributed by atoms with Crippen molar-refractivity contribution in [2.45, 2.75) is 0 Å². The van der Waals surface area contributed by atoms with Crippen LogP contribution in [0.15, 0.2) is 25.0 Å². The Labute approximate surface area is 57.4 Å². The van der Waals surface area contributed by atoms with Crippen molar-refractivity contribution in [1.29, 1.82) is 0 Å². The summed E-state index contributed by atoms with van der Waals surface area (Å²) in [5.41, 5.74) is 0. The lowest BCUT2D eigenvalue weighted by molar-refractivity contribution is -0.134. The zero-order valence-corrected chi connectivity index (χ0v) is 5.11. The zero-order valence-electron chi connectivity index (χ0n) is 5.11. The van der Waals surface area contributed by atoms with E-state index in [1.54, 1.807) is 0 Å². The maximum atomic E-state index is 10.3. The van der Waals surface area contributed by atoms with Crippen molar-refractivity contribution in [3.8, 4) is 0 Å². The molecule has 0 aliphatic heterocycles. The average molecular weight is 142 g/mol. The van der Waals surface area contributed by atoms with Gasteiger partial charge in [0.1, 0.15) is 0 Å². The Morgan fingerprint density at radius 2 is 2.00 bits per heavy atom. The van der Waals surface area contributed by atoms with Gasteiger partial charge in [-0.15, -0.1) is 0 Å². The van der Waals surface area contributed by atoms with Gasteiger partial charge in [0.25, 0.3) is 0 Å². The third-order valence-electron chi connectivity index (χ3n) is 0.561. The van der Waals surface area contributed by atoms with Gasteiger partial charge in [-0.1, -0.05) is 6.58 Å². The van der Waals surface area contributed by atoms with E-state index in [2.05, 4.69) is 11.3 Å². The summed E-state index contributed by atoms with van der Waals surface area (Å²) in [4.78, 5) is 20.1. The molecule has 54 valence electrons. The molecule has 0 bridgehead atoms. The van der Waals surface area contributed by atoms with Gasteiger partial charge in [-0.3, -0.25) is 0 Å². The van der Waals surface area contributed by atoms with E-state index >= 15 is 0 Å². The molecule has 0 saturated carbocycles. The molecule has 0 saturated heterocycles. The number of carboxylic acid groups (broad SMARTS) is 1. The van der Waals surface area contributed by atoms with Gasteiger partial charge in [0.05, 0.1) is 6.26 Å². The number of carbonyl (C=O) groups excluding carboxylic acids is 1. The van der Waals surface area contributed by atoms with Crippen LogP contribution in [0.25, 0.3) is 0 Å². The Morgan fingerprint density at radius 1 is 1.40 bits per heavy atom. The van der Waals surface area contributed by atoms with E-state index in [4.69, 9.17) is 5.11 Å². The van der Waals surface area contributed by atoms with E-state index in [-0.39, 0.29) is 0 Å². The molecule has 0 fully saturated rings. The molecule has 4 nitrogen and oxygen atoms in total. The van der Waals surface area contributed by atoms with Gasteiger partial charge in [-0.05, 0) is 0 Å². The zero-order chi connectivity index (χ0) is 7.98. The van der Waals surface area contributed by atoms with E-state index in [0.717, 1.165) is 12.3 Å². The second-order valence-corrected chi connectivity index (χ2v) is 1.28. The third-order valence-corrected chi connectivity index (χ3v) is 0.561. The largest absolute Gasteiger partial charge is 0.478 e. The minimum absolute atomic E-state index is 0.686. The average Bonchev–Trinajstić information content (AvgIpc) is 1.85. The van der Waals surface area contributed by atoms with Gasteiger partial charge in [-0.2, -0.15) is 0 Å². The molecule has 0 aromatic rings. The molecular formula is C6H6O4. The van der Waals surface area contributed by atoms with Crippen LogP contribution < -0.4 is 0 Å². The van der Waals surface area contributed by atoms with E-state index in [9.17, 15) is 9.59 Å². The van der Waals surface area contributed by atoms with Crippen LogP contribution in [0.1, 0.15) is 0 Å². The second-order valence-electron chi connectivity index (χ2n) is 1.28. The van der Waals surface area contributed by atoms with Gasteiger partial charge in [0.2, 0.25) is 0 Å². The number of hydrogen-bond donors (Lipinski definition) is 1. The summed E-state index contributed by atoms with van der Waals surface area (Å²) in [5, 5.41) is 8.01. The Bertz CT molecular complexity index is 180. The quantitative estimate of drug-likeness (QED) is 0.350. The van der Waals surface area contributed by atoms with E-state index in [0.29, 0.717) is 6.08 Å². The van der Waals surface area contributed by atoms with Gasteiger partial charge < -0.3 is 9.84 Å². The van der Waals surface area contributed by atoms with Crippen molar-refractivity contribution in [3.63, 3.8) is 0 Å². The Morgan fingerprint density at radius 3 is 2.40 bits per heavy atom. The van der Waals surface area contributed by atoms with Crippen molar-refractivity contribution in [1.82, 2.24) is 0 Å². The Hall–Kier alpha value is -1.58. The molecule has 0 amide bonds. The van der Waals surface area contributed by atoms with Crippen LogP contribution in [-0.4, -0.2) is 17.0 Å². The number of ether oxygens (including phenoxy) is 1. The van der Waals surface area contributed by atoms with E-state index in [1.807, 2.05) is 0 Å². The number of carbonyl (C=O) groups is 2. The minimum Gasteiger partial charge on any atom is -0.478 e. The Balaban J connectivity index is 3.77. The first kappa shape index (κ1) is 8.42. The molecule has 0 heterocycles. The second kappa shape index (κ2) is 4.31. The minimum atomic E-state index is -1.19. The predicted molar refractivity (Wildman–Crippen MR) is 33.1 cm³/mol. The van der Waals surface area contributed by atoms with Gasteiger partial charge in [0, 0.05) is 12.2 Å². The maximum absolute atomic E-state index is 10.3. The SMILES string of the molecule is C=COC(=O)C=CC(=O)O. The fourth-order valence-electron chi connectivity index (χ4n) is 0.261. The lowest BCUT2D eigenvalue weighted by atomic mass is 10.5. The molecule has 4 heteroatoms. The third kappa shape index (κ3) is 4.58. The van der Waals surface area contributed by atoms with Gasteiger partial charge >= 0.3 is 11.9 Å². The highest BCUT2D eigenvalue weighted by Gasteiger charge is 1.93.